The molecule has 10 nitrogen and oxygen atoms in total. The van der Waals surface area contributed by atoms with Crippen LogP contribution < -0.4 is 0 Å². The smallest absolute Gasteiger partial charge is 0.234 e. The molecular weight excluding hydrogens is 778 g/mol. The molecule has 13 heteroatoms. The first kappa shape index (κ1) is 43.5. The molecule has 6 rings (SSSR count). The molecule has 0 fully saturated rings. The van der Waals surface area contributed by atoms with Crippen LogP contribution in [0.3, 0.4) is 0 Å². The number of phenols is 2. The third-order valence-electron chi connectivity index (χ3n) is 8.54. The van der Waals surface area contributed by atoms with Crippen molar-refractivity contribution < 1.29 is 29.7 Å². The summed E-state index contributed by atoms with van der Waals surface area (Å²) in [4.78, 5) is 16.6. The molecule has 0 saturated heterocycles. The van der Waals surface area contributed by atoms with E-state index in [-0.39, 0.29) is 41.4 Å². The summed E-state index contributed by atoms with van der Waals surface area (Å²) in [6.45, 7) is 20.0. The number of aromatic nitrogens is 4. The van der Waals surface area contributed by atoms with Crippen molar-refractivity contribution in [1.29, 1.82) is 0 Å². The Morgan fingerprint density at radius 2 is 1.38 bits per heavy atom. The first-order valence-electron chi connectivity index (χ1n) is 18.2. The van der Waals surface area contributed by atoms with Crippen LogP contribution in [0.4, 0.5) is 5.13 Å². The fourth-order valence-corrected chi connectivity index (χ4v) is 7.68. The number of guanidine groups is 1. The van der Waals surface area contributed by atoms with Gasteiger partial charge in [-0.05, 0) is 73.9 Å². The van der Waals surface area contributed by atoms with E-state index in [1.807, 2.05) is 98.8 Å². The zero-order chi connectivity index (χ0) is 39.0. The summed E-state index contributed by atoms with van der Waals surface area (Å²) >= 11 is 3.18. The molecule has 55 heavy (non-hydrogen) atoms. The molecule has 0 saturated carbocycles. The summed E-state index contributed by atoms with van der Waals surface area (Å²) in [5.74, 6) is 1.31. The van der Waals surface area contributed by atoms with Gasteiger partial charge in [0.25, 0.3) is 0 Å². The molecule has 3 aromatic heterocycles. The number of benzene rings is 2. The molecule has 1 unspecified atom stereocenters. The van der Waals surface area contributed by atoms with Gasteiger partial charge in [-0.3, -0.25) is 9.97 Å². The van der Waals surface area contributed by atoms with Crippen molar-refractivity contribution in [1.82, 2.24) is 30.1 Å². The monoisotopic (exact) mass is 828 g/mol. The number of phenolic OH excluding ortho intramolecular Hbond substituents is 2. The Morgan fingerprint density at radius 3 is 1.87 bits per heavy atom. The number of aromatic hydroxyl groups is 2. The fraction of sp³-hybridized carbons (Fsp3) is 0.381. The molecule has 0 spiro atoms. The van der Waals surface area contributed by atoms with Gasteiger partial charge in [-0.25, -0.2) is 5.01 Å². The number of hydrogen-bond acceptors (Lipinski definition) is 10. The van der Waals surface area contributed by atoms with Crippen molar-refractivity contribution in [2.24, 2.45) is 15.5 Å². The maximum atomic E-state index is 10.4. The van der Waals surface area contributed by atoms with E-state index in [1.54, 1.807) is 23.9 Å². The van der Waals surface area contributed by atoms with Crippen LogP contribution in [0.1, 0.15) is 85.6 Å². The third kappa shape index (κ3) is 12.1. The van der Waals surface area contributed by atoms with Gasteiger partial charge in [-0.15, -0.1) is 10.2 Å². The second-order valence-electron chi connectivity index (χ2n) is 15.5. The number of rotatable bonds is 8. The van der Waals surface area contributed by atoms with Crippen molar-refractivity contribution in [3.05, 3.63) is 124 Å². The zero-order valence-corrected chi connectivity index (χ0v) is 38.1. The van der Waals surface area contributed by atoms with Crippen molar-refractivity contribution in [2.75, 3.05) is 13.1 Å². The van der Waals surface area contributed by atoms with E-state index in [9.17, 15) is 10.2 Å². The van der Waals surface area contributed by atoms with Crippen LogP contribution >= 0.6 is 23.1 Å². The molecular formula is C42H52N8O2S2Zn. The molecule has 0 amide bonds. The SMILES string of the molecule is CC(C)(C)C1=NN(/C(=N/c2nnc(C(C)(C)C)s2)N(CCc2ccccn2)CCc2ccccn2)C(c2cccc(O)c2)S1.Cc1cc(C)c(O)c(C)c1.[Zn]. The van der Waals surface area contributed by atoms with Crippen LogP contribution in [0.25, 0.3) is 0 Å². The van der Waals surface area contributed by atoms with Crippen LogP contribution in [0.5, 0.6) is 11.5 Å². The Morgan fingerprint density at radius 1 is 0.782 bits per heavy atom. The van der Waals surface area contributed by atoms with Crippen LogP contribution in [0.2, 0.25) is 0 Å². The maximum absolute atomic E-state index is 10.4. The predicted octanol–water partition coefficient (Wildman–Crippen LogP) is 9.53. The molecule has 286 valence electrons. The van der Waals surface area contributed by atoms with Crippen LogP contribution in [-0.4, -0.2) is 64.4 Å². The van der Waals surface area contributed by atoms with Gasteiger partial charge in [0.1, 0.15) is 26.9 Å². The van der Waals surface area contributed by atoms with Gasteiger partial charge in [-0.1, -0.05) is 107 Å². The molecule has 2 N–H and O–H groups in total. The molecule has 4 heterocycles. The Kier molecular flexibility index (Phi) is 15.1. The summed E-state index contributed by atoms with van der Waals surface area (Å²) in [6, 6.07) is 23.3. The van der Waals surface area contributed by atoms with E-state index >= 15 is 0 Å². The van der Waals surface area contributed by atoms with E-state index in [0.717, 1.165) is 51.0 Å². The minimum Gasteiger partial charge on any atom is -0.508 e. The van der Waals surface area contributed by atoms with Gasteiger partial charge in [0.05, 0.1) is 0 Å². The van der Waals surface area contributed by atoms with Crippen molar-refractivity contribution in [3.8, 4) is 11.5 Å². The van der Waals surface area contributed by atoms with Gasteiger partial charge in [0.2, 0.25) is 11.1 Å². The van der Waals surface area contributed by atoms with Crippen molar-refractivity contribution in [3.63, 3.8) is 0 Å². The minimum atomic E-state index is -0.239. The molecule has 5 aromatic rings. The maximum Gasteiger partial charge on any atom is 0.234 e. The van der Waals surface area contributed by atoms with E-state index in [4.69, 9.17) is 10.1 Å². The van der Waals surface area contributed by atoms with E-state index < -0.39 is 0 Å². The number of nitrogens with zero attached hydrogens (tertiary/aromatic N) is 8. The molecule has 1 atom stereocenters. The topological polar surface area (TPSA) is 123 Å². The Bertz CT molecular complexity index is 1990. The van der Waals surface area contributed by atoms with Gasteiger partial charge >= 0.3 is 0 Å². The van der Waals surface area contributed by atoms with Crippen LogP contribution in [0.15, 0.2) is 95.3 Å². The van der Waals surface area contributed by atoms with E-state index in [0.29, 0.717) is 29.9 Å². The largest absolute Gasteiger partial charge is 0.508 e. The molecule has 1 aliphatic rings. The first-order valence-corrected chi connectivity index (χ1v) is 19.9. The Balaban J connectivity index is 0.000000532. The standard InChI is InChI=1S/C33H40N8OS2.C9H12O.Zn/c1-32(2,3)28-37-38-30(44-28)36-31(41-27(23-12-11-15-26(42)22-23)43-29(39-41)33(4,5)6)40(20-16-24-13-7-9-18-34-24)21-17-25-14-8-10-19-35-25;1-6-4-7(2)9(10)8(3)5-6;/h7-15,18-19,22,27,42H,16-17,20-21H2,1-6H3;4-5,10H,1-3H3;/b36-31+;;. The van der Waals surface area contributed by atoms with Crippen molar-refractivity contribution in [2.45, 2.75) is 85.9 Å². The molecule has 0 bridgehead atoms. The Labute approximate surface area is 347 Å². The molecule has 2 aromatic carbocycles. The van der Waals surface area contributed by atoms with Gasteiger partial charge < -0.3 is 15.1 Å². The van der Waals surface area contributed by atoms with Crippen LogP contribution in [0, 0.1) is 26.2 Å². The Hall–Kier alpha value is -4.19. The quantitative estimate of drug-likeness (QED) is 0.0895. The summed E-state index contributed by atoms with van der Waals surface area (Å²) < 4.78 is 0. The summed E-state index contributed by atoms with van der Waals surface area (Å²) in [5, 5.41) is 38.2. The van der Waals surface area contributed by atoms with Gasteiger partial charge in [0.15, 0.2) is 0 Å². The molecule has 1 aliphatic heterocycles. The first-order chi connectivity index (χ1) is 25.6. The summed E-state index contributed by atoms with van der Waals surface area (Å²) in [7, 11) is 0. The molecule has 0 radical (unpaired) electrons. The molecule has 0 aliphatic carbocycles. The second-order valence-corrected chi connectivity index (χ2v) is 17.5. The number of hydrazone groups is 1. The summed E-state index contributed by atoms with van der Waals surface area (Å²) in [5.41, 5.74) is 5.72. The number of pyridine rings is 2. The average molecular weight is 830 g/mol. The van der Waals surface area contributed by atoms with Gasteiger partial charge in [0, 0.05) is 80.0 Å². The summed E-state index contributed by atoms with van der Waals surface area (Å²) in [6.07, 6.45) is 5.09. The number of aryl methyl sites for hydroxylation is 3. The third-order valence-corrected chi connectivity index (χ3v) is 11.4. The normalized spacial score (nSPS) is 14.5. The number of thioether (sulfide) groups is 1. The minimum absolute atomic E-state index is 0. The van der Waals surface area contributed by atoms with Crippen LogP contribution in [-0.2, 0) is 37.7 Å². The number of hydrogen-bond donors (Lipinski definition) is 2. The fourth-order valence-electron chi connectivity index (χ4n) is 5.68. The van der Waals surface area contributed by atoms with E-state index in [2.05, 4.69) is 66.6 Å². The van der Waals surface area contributed by atoms with E-state index in [1.165, 1.54) is 16.9 Å². The van der Waals surface area contributed by atoms with Crippen molar-refractivity contribution >= 4 is 39.2 Å². The predicted molar refractivity (Wildman–Crippen MR) is 223 cm³/mol. The van der Waals surface area contributed by atoms with Gasteiger partial charge in [-0.2, -0.15) is 10.1 Å². The average Bonchev–Trinajstić information content (AvgIpc) is 3.80. The number of aliphatic imine (C=N–C) groups is 1. The zero-order valence-electron chi connectivity index (χ0n) is 33.5. The second kappa shape index (κ2) is 19.1.